The topological polar surface area (TPSA) is 46.5 Å². The Labute approximate surface area is 99.2 Å². The van der Waals surface area contributed by atoms with Crippen LogP contribution in [0, 0.1) is 5.92 Å². The molecule has 0 bridgehead atoms. The fraction of sp³-hybridized carbons (Fsp3) is 0.923. The Bertz CT molecular complexity index is 199. The van der Waals surface area contributed by atoms with Gasteiger partial charge in [-0.25, -0.2) is 0 Å². The molecule has 0 rings (SSSR count). The van der Waals surface area contributed by atoms with Crippen LogP contribution in [0.5, 0.6) is 0 Å². The van der Waals surface area contributed by atoms with Crippen molar-refractivity contribution < 1.29 is 14.6 Å². The minimum atomic E-state index is -0.945. The first kappa shape index (κ1) is 15.4. The van der Waals surface area contributed by atoms with E-state index in [9.17, 15) is 9.90 Å². The molecule has 0 aromatic carbocycles. The molecule has 96 valence electrons. The lowest BCUT2D eigenvalue weighted by molar-refractivity contribution is -0.154. The van der Waals surface area contributed by atoms with E-state index in [1.165, 1.54) is 26.4 Å². The lowest BCUT2D eigenvalue weighted by Crippen LogP contribution is -2.38. The van der Waals surface area contributed by atoms with Crippen molar-refractivity contribution in [2.45, 2.75) is 64.9 Å². The first-order chi connectivity index (χ1) is 7.45. The average molecular weight is 230 g/mol. The quantitative estimate of drug-likeness (QED) is 0.515. The number of hydrogen-bond donors (Lipinski definition) is 1. The Balaban J connectivity index is 3.89. The largest absolute Gasteiger partial charge is 0.469 e. The normalized spacial score (nSPS) is 16.6. The second kappa shape index (κ2) is 7.66. The maximum absolute atomic E-state index is 11.3. The molecule has 0 aromatic heterocycles. The highest BCUT2D eigenvalue weighted by molar-refractivity contribution is 5.73. The van der Waals surface area contributed by atoms with Gasteiger partial charge < -0.3 is 9.84 Å². The molecule has 0 radical (unpaired) electrons. The third-order valence-electron chi connectivity index (χ3n) is 3.27. The van der Waals surface area contributed by atoms with Gasteiger partial charge in [0, 0.05) is 0 Å². The zero-order chi connectivity index (χ0) is 12.6. The van der Waals surface area contributed by atoms with Crippen LogP contribution in [-0.2, 0) is 9.53 Å². The molecular formula is C13H26O3. The first-order valence-corrected chi connectivity index (χ1v) is 6.26. The zero-order valence-electron chi connectivity index (χ0n) is 11.1. The number of hydrogen-bond acceptors (Lipinski definition) is 3. The highest BCUT2D eigenvalue weighted by Crippen LogP contribution is 2.24. The van der Waals surface area contributed by atoms with E-state index in [-0.39, 0.29) is 5.97 Å². The van der Waals surface area contributed by atoms with E-state index in [1.807, 2.05) is 0 Å². The maximum atomic E-state index is 11.3. The van der Waals surface area contributed by atoms with Gasteiger partial charge in [0.1, 0.15) is 0 Å². The third-order valence-corrected chi connectivity index (χ3v) is 3.27. The van der Waals surface area contributed by atoms with Gasteiger partial charge in [-0.1, -0.05) is 39.0 Å². The van der Waals surface area contributed by atoms with Crippen molar-refractivity contribution >= 4 is 5.97 Å². The van der Waals surface area contributed by atoms with Crippen LogP contribution in [-0.4, -0.2) is 23.8 Å². The van der Waals surface area contributed by atoms with E-state index < -0.39 is 11.5 Å². The van der Waals surface area contributed by atoms with Crippen molar-refractivity contribution in [3.05, 3.63) is 0 Å². The van der Waals surface area contributed by atoms with Crippen LogP contribution < -0.4 is 0 Å². The van der Waals surface area contributed by atoms with Crippen LogP contribution in [0.4, 0.5) is 0 Å². The zero-order valence-corrected chi connectivity index (χ0v) is 11.1. The molecule has 2 atom stereocenters. The molecule has 0 amide bonds. The van der Waals surface area contributed by atoms with Crippen LogP contribution in [0.25, 0.3) is 0 Å². The molecule has 0 aliphatic heterocycles. The molecule has 16 heavy (non-hydrogen) atoms. The molecular weight excluding hydrogens is 204 g/mol. The van der Waals surface area contributed by atoms with Crippen molar-refractivity contribution in [3.63, 3.8) is 0 Å². The Morgan fingerprint density at radius 3 is 2.38 bits per heavy atom. The molecule has 2 unspecified atom stereocenters. The number of unbranched alkanes of at least 4 members (excludes halogenated alkanes) is 4. The fourth-order valence-electron chi connectivity index (χ4n) is 1.73. The number of carbonyl (C=O) groups excluding carboxylic acids is 1. The lowest BCUT2D eigenvalue weighted by atomic mass is 9.86. The number of ether oxygens (including phenoxy) is 1. The fourth-order valence-corrected chi connectivity index (χ4v) is 1.73. The van der Waals surface area contributed by atoms with Crippen molar-refractivity contribution in [1.29, 1.82) is 0 Å². The van der Waals surface area contributed by atoms with Gasteiger partial charge in [0.25, 0.3) is 0 Å². The summed E-state index contributed by atoms with van der Waals surface area (Å²) in [5, 5.41) is 10.1. The molecule has 0 aromatic rings. The third kappa shape index (κ3) is 5.50. The summed E-state index contributed by atoms with van der Waals surface area (Å²) >= 11 is 0. The number of methoxy groups -OCH3 is 1. The SMILES string of the molecule is CCCCCCCC(C)(O)C(C)C(=O)OC. The van der Waals surface area contributed by atoms with Gasteiger partial charge in [-0.2, -0.15) is 0 Å². The summed E-state index contributed by atoms with van der Waals surface area (Å²) in [6.45, 7) is 5.61. The number of esters is 1. The predicted octanol–water partition coefficient (Wildman–Crippen LogP) is 2.91. The van der Waals surface area contributed by atoms with Crippen LogP contribution in [0.2, 0.25) is 0 Å². The van der Waals surface area contributed by atoms with Crippen molar-refractivity contribution in [2.75, 3.05) is 7.11 Å². The van der Waals surface area contributed by atoms with Crippen LogP contribution in [0.1, 0.15) is 59.3 Å². The van der Waals surface area contributed by atoms with E-state index in [0.717, 1.165) is 12.8 Å². The van der Waals surface area contributed by atoms with Crippen LogP contribution in [0.3, 0.4) is 0 Å². The van der Waals surface area contributed by atoms with E-state index in [4.69, 9.17) is 0 Å². The Morgan fingerprint density at radius 1 is 1.31 bits per heavy atom. The molecule has 0 heterocycles. The lowest BCUT2D eigenvalue weighted by Gasteiger charge is -2.28. The van der Waals surface area contributed by atoms with Crippen molar-refractivity contribution in [1.82, 2.24) is 0 Å². The van der Waals surface area contributed by atoms with E-state index in [1.54, 1.807) is 13.8 Å². The van der Waals surface area contributed by atoms with Gasteiger partial charge in [0.15, 0.2) is 0 Å². The molecule has 0 spiro atoms. The van der Waals surface area contributed by atoms with Gasteiger partial charge in [0.2, 0.25) is 0 Å². The van der Waals surface area contributed by atoms with E-state index in [0.29, 0.717) is 6.42 Å². The summed E-state index contributed by atoms with van der Waals surface area (Å²) in [6, 6.07) is 0. The van der Waals surface area contributed by atoms with E-state index in [2.05, 4.69) is 11.7 Å². The van der Waals surface area contributed by atoms with Gasteiger partial charge in [-0.05, 0) is 20.3 Å². The standard InChI is InChI=1S/C13H26O3/c1-5-6-7-8-9-10-13(3,15)11(2)12(14)16-4/h11,15H,5-10H2,1-4H3. The maximum Gasteiger partial charge on any atom is 0.311 e. The summed E-state index contributed by atoms with van der Waals surface area (Å²) in [7, 11) is 1.36. The molecule has 1 N–H and O–H groups in total. The molecule has 0 saturated carbocycles. The monoisotopic (exact) mass is 230 g/mol. The van der Waals surface area contributed by atoms with Crippen molar-refractivity contribution in [3.8, 4) is 0 Å². The summed E-state index contributed by atoms with van der Waals surface area (Å²) in [6.07, 6.45) is 6.42. The van der Waals surface area contributed by atoms with Gasteiger partial charge >= 0.3 is 5.97 Å². The molecule has 0 fully saturated rings. The summed E-state index contributed by atoms with van der Waals surface area (Å²) < 4.78 is 4.64. The Kier molecular flexibility index (Phi) is 7.39. The van der Waals surface area contributed by atoms with Gasteiger partial charge in [-0.3, -0.25) is 4.79 Å². The summed E-state index contributed by atoms with van der Waals surface area (Å²) in [5.74, 6) is -0.790. The molecule has 0 saturated heterocycles. The Morgan fingerprint density at radius 2 is 1.88 bits per heavy atom. The molecule has 0 aliphatic rings. The minimum absolute atomic E-state index is 0.335. The summed E-state index contributed by atoms with van der Waals surface area (Å²) in [5.41, 5.74) is -0.945. The Hall–Kier alpha value is -0.570. The van der Waals surface area contributed by atoms with Crippen LogP contribution >= 0.6 is 0 Å². The second-order valence-electron chi connectivity index (χ2n) is 4.77. The molecule has 0 aliphatic carbocycles. The van der Waals surface area contributed by atoms with Gasteiger partial charge in [-0.15, -0.1) is 0 Å². The predicted molar refractivity (Wildman–Crippen MR) is 65.2 cm³/mol. The van der Waals surface area contributed by atoms with Crippen molar-refractivity contribution in [2.24, 2.45) is 5.92 Å². The smallest absolute Gasteiger partial charge is 0.311 e. The minimum Gasteiger partial charge on any atom is -0.469 e. The van der Waals surface area contributed by atoms with Gasteiger partial charge in [0.05, 0.1) is 18.6 Å². The first-order valence-electron chi connectivity index (χ1n) is 6.26. The second-order valence-corrected chi connectivity index (χ2v) is 4.77. The van der Waals surface area contributed by atoms with Crippen LogP contribution in [0.15, 0.2) is 0 Å². The summed E-state index contributed by atoms with van der Waals surface area (Å²) in [4.78, 5) is 11.3. The number of carbonyl (C=O) groups is 1. The average Bonchev–Trinajstić information content (AvgIpc) is 2.26. The van der Waals surface area contributed by atoms with E-state index >= 15 is 0 Å². The number of rotatable bonds is 8. The highest BCUT2D eigenvalue weighted by Gasteiger charge is 2.33. The number of aliphatic hydroxyl groups is 1. The molecule has 3 nitrogen and oxygen atoms in total. The highest BCUT2D eigenvalue weighted by atomic mass is 16.5. The molecule has 3 heteroatoms.